The SMILES string of the molecule is I.NC(=NCCC(=O)NCc1ccccc1)NC1CCCCCC1. The Kier molecular flexibility index (Phi) is 10.5. The molecule has 1 saturated carbocycles. The quantitative estimate of drug-likeness (QED) is 0.273. The normalized spacial score (nSPS) is 15.9. The van der Waals surface area contributed by atoms with Gasteiger partial charge in [-0.1, -0.05) is 56.0 Å². The molecule has 1 fully saturated rings. The fraction of sp³-hybridized carbons (Fsp3) is 0.556. The number of nitrogens with zero attached hydrogens (tertiary/aromatic N) is 1. The summed E-state index contributed by atoms with van der Waals surface area (Å²) in [6, 6.07) is 10.3. The molecule has 1 amide bonds. The Morgan fingerprint density at radius 2 is 1.79 bits per heavy atom. The summed E-state index contributed by atoms with van der Waals surface area (Å²) in [5.74, 6) is 0.465. The van der Waals surface area contributed by atoms with Crippen LogP contribution in [0, 0.1) is 0 Å². The van der Waals surface area contributed by atoms with E-state index in [1.54, 1.807) is 0 Å². The maximum atomic E-state index is 11.8. The summed E-state index contributed by atoms with van der Waals surface area (Å²) in [6.07, 6.45) is 7.83. The van der Waals surface area contributed by atoms with Gasteiger partial charge in [0.1, 0.15) is 0 Å². The van der Waals surface area contributed by atoms with Crippen molar-refractivity contribution >= 4 is 35.8 Å². The smallest absolute Gasteiger partial charge is 0.222 e. The highest BCUT2D eigenvalue weighted by atomic mass is 127. The van der Waals surface area contributed by atoms with Crippen LogP contribution in [0.5, 0.6) is 0 Å². The average Bonchev–Trinajstić information content (AvgIpc) is 2.82. The number of hydrogen-bond acceptors (Lipinski definition) is 2. The molecule has 4 N–H and O–H groups in total. The van der Waals surface area contributed by atoms with Gasteiger partial charge in [-0.15, -0.1) is 24.0 Å². The van der Waals surface area contributed by atoms with Crippen molar-refractivity contribution in [2.24, 2.45) is 10.7 Å². The number of nitrogens with two attached hydrogens (primary N) is 1. The molecule has 5 nitrogen and oxygen atoms in total. The van der Waals surface area contributed by atoms with Crippen molar-refractivity contribution in [1.82, 2.24) is 10.6 Å². The number of hydrogen-bond donors (Lipinski definition) is 3. The number of carbonyl (C=O) groups is 1. The number of rotatable bonds is 6. The largest absolute Gasteiger partial charge is 0.370 e. The van der Waals surface area contributed by atoms with Crippen molar-refractivity contribution in [3.8, 4) is 0 Å². The Balaban J connectivity index is 0.00000288. The Bertz CT molecular complexity index is 499. The second kappa shape index (κ2) is 12.1. The fourth-order valence-electron chi connectivity index (χ4n) is 2.84. The summed E-state index contributed by atoms with van der Waals surface area (Å²) in [5.41, 5.74) is 7.01. The molecule has 0 heterocycles. The van der Waals surface area contributed by atoms with E-state index in [0.29, 0.717) is 31.5 Å². The van der Waals surface area contributed by atoms with E-state index in [1.807, 2.05) is 30.3 Å². The van der Waals surface area contributed by atoms with Crippen LogP contribution in [0.2, 0.25) is 0 Å². The van der Waals surface area contributed by atoms with Crippen LogP contribution in [0.3, 0.4) is 0 Å². The lowest BCUT2D eigenvalue weighted by atomic mass is 10.1. The van der Waals surface area contributed by atoms with Gasteiger partial charge in [-0.3, -0.25) is 9.79 Å². The van der Waals surface area contributed by atoms with Crippen LogP contribution >= 0.6 is 24.0 Å². The number of amides is 1. The van der Waals surface area contributed by atoms with E-state index in [2.05, 4.69) is 15.6 Å². The lowest BCUT2D eigenvalue weighted by Crippen LogP contribution is -2.40. The Hall–Kier alpha value is -1.31. The molecule has 24 heavy (non-hydrogen) atoms. The zero-order chi connectivity index (χ0) is 16.3. The summed E-state index contributed by atoms with van der Waals surface area (Å²) in [6.45, 7) is 0.978. The van der Waals surface area contributed by atoms with Gasteiger partial charge >= 0.3 is 0 Å². The minimum Gasteiger partial charge on any atom is -0.370 e. The molecule has 1 aliphatic rings. The minimum absolute atomic E-state index is 0. The van der Waals surface area contributed by atoms with Crippen LogP contribution < -0.4 is 16.4 Å². The molecular formula is C18H29IN4O. The van der Waals surface area contributed by atoms with Gasteiger partial charge in [0.05, 0.1) is 6.54 Å². The van der Waals surface area contributed by atoms with Crippen LogP contribution in [0.4, 0.5) is 0 Å². The number of benzene rings is 1. The lowest BCUT2D eigenvalue weighted by Gasteiger charge is -2.16. The molecule has 0 bridgehead atoms. The van der Waals surface area contributed by atoms with E-state index in [-0.39, 0.29) is 29.9 Å². The molecule has 1 aliphatic carbocycles. The number of guanidine groups is 1. The number of nitrogens with one attached hydrogen (secondary N) is 2. The first-order chi connectivity index (χ1) is 11.2. The molecular weight excluding hydrogens is 415 g/mol. The van der Waals surface area contributed by atoms with Crippen LogP contribution in [0.15, 0.2) is 35.3 Å². The second-order valence-corrected chi connectivity index (χ2v) is 6.11. The maximum Gasteiger partial charge on any atom is 0.222 e. The van der Waals surface area contributed by atoms with Crippen LogP contribution in [0.25, 0.3) is 0 Å². The van der Waals surface area contributed by atoms with Gasteiger partial charge in [0, 0.05) is 19.0 Å². The molecule has 6 heteroatoms. The third-order valence-electron chi connectivity index (χ3n) is 4.16. The van der Waals surface area contributed by atoms with Gasteiger partial charge < -0.3 is 16.4 Å². The summed E-state index contributed by atoms with van der Waals surface area (Å²) in [4.78, 5) is 16.1. The van der Waals surface area contributed by atoms with E-state index in [9.17, 15) is 4.79 Å². The molecule has 134 valence electrons. The summed E-state index contributed by atoms with van der Waals surface area (Å²) < 4.78 is 0. The van der Waals surface area contributed by atoms with Gasteiger partial charge in [0.25, 0.3) is 0 Å². The molecule has 0 atom stereocenters. The molecule has 0 saturated heterocycles. The maximum absolute atomic E-state index is 11.8. The zero-order valence-corrected chi connectivity index (χ0v) is 16.5. The molecule has 0 aliphatic heterocycles. The first kappa shape index (κ1) is 20.7. The van der Waals surface area contributed by atoms with E-state index in [1.165, 1.54) is 25.7 Å². The van der Waals surface area contributed by atoms with Gasteiger partial charge in [-0.25, -0.2) is 0 Å². The van der Waals surface area contributed by atoms with Gasteiger partial charge in [-0.05, 0) is 18.4 Å². The Labute approximate surface area is 161 Å². The Morgan fingerprint density at radius 1 is 1.12 bits per heavy atom. The van der Waals surface area contributed by atoms with Crippen molar-refractivity contribution in [3.63, 3.8) is 0 Å². The first-order valence-corrected chi connectivity index (χ1v) is 8.61. The fourth-order valence-corrected chi connectivity index (χ4v) is 2.84. The molecule has 0 radical (unpaired) electrons. The number of halogens is 1. The van der Waals surface area contributed by atoms with Crippen molar-refractivity contribution < 1.29 is 4.79 Å². The third kappa shape index (κ3) is 8.52. The zero-order valence-electron chi connectivity index (χ0n) is 14.2. The average molecular weight is 444 g/mol. The molecule has 1 aromatic rings. The van der Waals surface area contributed by atoms with Crippen LogP contribution in [-0.4, -0.2) is 24.5 Å². The minimum atomic E-state index is -0.000121. The first-order valence-electron chi connectivity index (χ1n) is 8.61. The standard InChI is InChI=1S/C18H28N4O.HI/c19-18(22-16-10-6-1-2-7-11-16)20-13-12-17(23)21-14-15-8-4-3-5-9-15;/h3-5,8-9,16H,1-2,6-7,10-14H2,(H,21,23)(H3,19,20,22);1H. The second-order valence-electron chi connectivity index (χ2n) is 6.11. The van der Waals surface area contributed by atoms with Crippen LogP contribution in [0.1, 0.15) is 50.5 Å². The molecule has 0 spiro atoms. The Morgan fingerprint density at radius 3 is 2.46 bits per heavy atom. The predicted octanol–water partition coefficient (Wildman–Crippen LogP) is 2.94. The highest BCUT2D eigenvalue weighted by Crippen LogP contribution is 2.16. The topological polar surface area (TPSA) is 79.5 Å². The molecule has 0 aromatic heterocycles. The van der Waals surface area contributed by atoms with Crippen molar-refractivity contribution in [2.45, 2.75) is 57.5 Å². The van der Waals surface area contributed by atoms with Crippen molar-refractivity contribution in [2.75, 3.05) is 6.54 Å². The summed E-state index contributed by atoms with van der Waals surface area (Å²) in [7, 11) is 0. The van der Waals surface area contributed by atoms with Crippen molar-refractivity contribution in [3.05, 3.63) is 35.9 Å². The highest BCUT2D eigenvalue weighted by Gasteiger charge is 2.12. The van der Waals surface area contributed by atoms with E-state index in [4.69, 9.17) is 5.73 Å². The third-order valence-corrected chi connectivity index (χ3v) is 4.16. The highest BCUT2D eigenvalue weighted by molar-refractivity contribution is 14.0. The van der Waals surface area contributed by atoms with Crippen molar-refractivity contribution in [1.29, 1.82) is 0 Å². The van der Waals surface area contributed by atoms with Crippen LogP contribution in [-0.2, 0) is 11.3 Å². The van der Waals surface area contributed by atoms with E-state index < -0.39 is 0 Å². The van der Waals surface area contributed by atoms with Gasteiger partial charge in [-0.2, -0.15) is 0 Å². The number of aliphatic imine (C=N–C) groups is 1. The monoisotopic (exact) mass is 444 g/mol. The summed E-state index contributed by atoms with van der Waals surface area (Å²) in [5, 5.41) is 6.18. The van der Waals surface area contributed by atoms with E-state index >= 15 is 0 Å². The van der Waals surface area contributed by atoms with Gasteiger partial charge in [0.2, 0.25) is 5.91 Å². The lowest BCUT2D eigenvalue weighted by molar-refractivity contribution is -0.121. The molecule has 2 rings (SSSR count). The number of carbonyl (C=O) groups excluding carboxylic acids is 1. The predicted molar refractivity (Wildman–Crippen MR) is 109 cm³/mol. The van der Waals surface area contributed by atoms with E-state index in [0.717, 1.165) is 18.4 Å². The summed E-state index contributed by atoms with van der Waals surface area (Å²) >= 11 is 0. The molecule has 0 unspecified atom stereocenters. The molecule has 1 aromatic carbocycles. The van der Waals surface area contributed by atoms with Gasteiger partial charge in [0.15, 0.2) is 5.96 Å².